The summed E-state index contributed by atoms with van der Waals surface area (Å²) in [5, 5.41) is 0. The van der Waals surface area contributed by atoms with E-state index in [-0.39, 0.29) is 5.97 Å². The van der Waals surface area contributed by atoms with Crippen molar-refractivity contribution < 1.29 is 14.3 Å². The number of carbonyl (C=O) groups is 1. The van der Waals surface area contributed by atoms with Crippen molar-refractivity contribution in [2.45, 2.75) is 13.2 Å². The lowest BCUT2D eigenvalue weighted by Gasteiger charge is -2.10. The molecule has 1 atom stereocenters. The topological polar surface area (TPSA) is 35.5 Å². The average molecular weight is 206 g/mol. The lowest BCUT2D eigenvalue weighted by atomic mass is 10.1. The smallest absolute Gasteiger partial charge is 0.340 e. The van der Waals surface area contributed by atoms with Crippen LogP contribution in [-0.4, -0.2) is 19.4 Å². The maximum absolute atomic E-state index is 11.5. The molecule has 0 radical (unpaired) electrons. The van der Waals surface area contributed by atoms with Crippen LogP contribution in [0.3, 0.4) is 0 Å². The number of hydrogen-bond donors (Lipinski definition) is 0. The number of ether oxygens (including phenoxy) is 2. The second kappa shape index (κ2) is 5.32. The molecule has 0 aromatic heterocycles. The number of rotatable bonds is 4. The van der Waals surface area contributed by atoms with Gasteiger partial charge in [-0.3, -0.25) is 0 Å². The van der Waals surface area contributed by atoms with Crippen LogP contribution in [0, 0.1) is 0 Å². The molecule has 0 aliphatic carbocycles. The van der Waals surface area contributed by atoms with Crippen LogP contribution in [0.1, 0.15) is 22.8 Å². The van der Waals surface area contributed by atoms with Crippen molar-refractivity contribution in [3.8, 4) is 0 Å². The molecule has 0 saturated carbocycles. The van der Waals surface area contributed by atoms with Crippen LogP contribution in [-0.2, 0) is 9.47 Å². The van der Waals surface area contributed by atoms with Gasteiger partial charge < -0.3 is 9.47 Å². The molecule has 0 N–H and O–H groups in total. The molecule has 0 fully saturated rings. The van der Waals surface area contributed by atoms with Gasteiger partial charge in [0.25, 0.3) is 0 Å². The van der Waals surface area contributed by atoms with E-state index in [4.69, 9.17) is 9.47 Å². The van der Waals surface area contributed by atoms with Gasteiger partial charge in [-0.15, -0.1) is 0 Å². The summed E-state index contributed by atoms with van der Waals surface area (Å²) in [5.41, 5.74) is 1.47. The van der Waals surface area contributed by atoms with Gasteiger partial charge in [0.2, 0.25) is 0 Å². The van der Waals surface area contributed by atoms with E-state index in [0.717, 1.165) is 5.56 Å². The van der Waals surface area contributed by atoms with Gasteiger partial charge >= 0.3 is 5.97 Å². The van der Waals surface area contributed by atoms with Gasteiger partial charge in [0.05, 0.1) is 5.56 Å². The summed E-state index contributed by atoms with van der Waals surface area (Å²) < 4.78 is 9.80. The van der Waals surface area contributed by atoms with Crippen LogP contribution in [0.25, 0.3) is 6.08 Å². The lowest BCUT2D eigenvalue weighted by molar-refractivity contribution is -0.0773. The summed E-state index contributed by atoms with van der Waals surface area (Å²) >= 11 is 0. The van der Waals surface area contributed by atoms with E-state index < -0.39 is 6.29 Å². The maximum Gasteiger partial charge on any atom is 0.340 e. The number of benzene rings is 1. The van der Waals surface area contributed by atoms with Gasteiger partial charge in [-0.1, -0.05) is 24.8 Å². The Morgan fingerprint density at radius 1 is 1.40 bits per heavy atom. The Bertz CT molecular complexity index is 340. The third kappa shape index (κ3) is 3.22. The van der Waals surface area contributed by atoms with Crippen molar-refractivity contribution in [3.05, 3.63) is 42.0 Å². The molecule has 3 heteroatoms. The Kier molecular flexibility index (Phi) is 4.06. The first-order valence-corrected chi connectivity index (χ1v) is 4.63. The molecule has 0 heterocycles. The zero-order chi connectivity index (χ0) is 11.3. The summed E-state index contributed by atoms with van der Waals surface area (Å²) in [7, 11) is 1.48. The van der Waals surface area contributed by atoms with Crippen molar-refractivity contribution in [1.29, 1.82) is 0 Å². The Morgan fingerprint density at radius 2 is 2.00 bits per heavy atom. The quantitative estimate of drug-likeness (QED) is 0.560. The standard InChI is InChI=1S/C12H14O3/c1-4-10-5-7-11(8-6-10)12(13)15-9(2)14-3/h4-9H,1H2,2-3H3. The van der Waals surface area contributed by atoms with E-state index in [1.165, 1.54) is 7.11 Å². The van der Waals surface area contributed by atoms with Crippen LogP contribution in [0.15, 0.2) is 30.8 Å². The molecule has 0 aliphatic rings. The average Bonchev–Trinajstić information content (AvgIpc) is 2.29. The molecule has 3 nitrogen and oxygen atoms in total. The van der Waals surface area contributed by atoms with Gasteiger partial charge in [-0.05, 0) is 24.6 Å². The molecule has 0 saturated heterocycles. The van der Waals surface area contributed by atoms with Crippen LogP contribution >= 0.6 is 0 Å². The summed E-state index contributed by atoms with van der Waals surface area (Å²) in [6.07, 6.45) is 1.18. The van der Waals surface area contributed by atoms with Gasteiger partial charge in [-0.25, -0.2) is 4.79 Å². The Morgan fingerprint density at radius 3 is 2.47 bits per heavy atom. The van der Waals surface area contributed by atoms with Crippen LogP contribution in [0.4, 0.5) is 0 Å². The first kappa shape index (κ1) is 11.5. The lowest BCUT2D eigenvalue weighted by Crippen LogP contribution is -2.16. The first-order chi connectivity index (χ1) is 7.17. The SMILES string of the molecule is C=Cc1ccc(C(=O)OC(C)OC)cc1. The van der Waals surface area contributed by atoms with Gasteiger partial charge in [0.15, 0.2) is 6.29 Å². The highest BCUT2D eigenvalue weighted by atomic mass is 16.7. The highest BCUT2D eigenvalue weighted by Gasteiger charge is 2.10. The third-order valence-electron chi connectivity index (χ3n) is 1.99. The predicted octanol–water partition coefficient (Wildman–Crippen LogP) is 2.48. The van der Waals surface area contributed by atoms with E-state index >= 15 is 0 Å². The monoisotopic (exact) mass is 206 g/mol. The minimum Gasteiger partial charge on any atom is -0.432 e. The van der Waals surface area contributed by atoms with Crippen LogP contribution in [0.2, 0.25) is 0 Å². The summed E-state index contributed by atoms with van der Waals surface area (Å²) in [6.45, 7) is 5.29. The first-order valence-electron chi connectivity index (χ1n) is 4.63. The van der Waals surface area contributed by atoms with Crippen molar-refractivity contribution in [2.24, 2.45) is 0 Å². The van der Waals surface area contributed by atoms with Crippen molar-refractivity contribution in [2.75, 3.05) is 7.11 Å². The summed E-state index contributed by atoms with van der Waals surface area (Å²) in [5.74, 6) is -0.389. The Hall–Kier alpha value is -1.61. The van der Waals surface area contributed by atoms with Gasteiger partial charge in [-0.2, -0.15) is 0 Å². The molecule has 80 valence electrons. The zero-order valence-corrected chi connectivity index (χ0v) is 8.90. The van der Waals surface area contributed by atoms with Crippen LogP contribution < -0.4 is 0 Å². The normalized spacial score (nSPS) is 11.9. The van der Waals surface area contributed by atoms with E-state index in [2.05, 4.69) is 6.58 Å². The largest absolute Gasteiger partial charge is 0.432 e. The number of methoxy groups -OCH3 is 1. The fourth-order valence-electron chi connectivity index (χ4n) is 1.02. The fourth-order valence-corrected chi connectivity index (χ4v) is 1.02. The maximum atomic E-state index is 11.5. The van der Waals surface area contributed by atoms with E-state index in [1.807, 2.05) is 0 Å². The van der Waals surface area contributed by atoms with Crippen molar-refractivity contribution >= 4 is 12.0 Å². The highest BCUT2D eigenvalue weighted by Crippen LogP contribution is 2.08. The molecule has 0 bridgehead atoms. The third-order valence-corrected chi connectivity index (χ3v) is 1.99. The van der Waals surface area contributed by atoms with Crippen LogP contribution in [0.5, 0.6) is 0 Å². The van der Waals surface area contributed by atoms with E-state index in [0.29, 0.717) is 5.56 Å². The summed E-state index contributed by atoms with van der Waals surface area (Å²) in [4.78, 5) is 11.5. The van der Waals surface area contributed by atoms with Crippen molar-refractivity contribution in [3.63, 3.8) is 0 Å². The fraction of sp³-hybridized carbons (Fsp3) is 0.250. The minimum atomic E-state index is -0.531. The molecular formula is C12H14O3. The molecule has 1 rings (SSSR count). The molecule has 1 aromatic carbocycles. The van der Waals surface area contributed by atoms with E-state index in [9.17, 15) is 4.79 Å². The molecule has 0 aliphatic heterocycles. The summed E-state index contributed by atoms with van der Waals surface area (Å²) in [6, 6.07) is 7.01. The van der Waals surface area contributed by atoms with Gasteiger partial charge in [0, 0.05) is 7.11 Å². The molecule has 0 spiro atoms. The Labute approximate surface area is 89.3 Å². The zero-order valence-electron chi connectivity index (χ0n) is 8.90. The van der Waals surface area contributed by atoms with E-state index in [1.54, 1.807) is 37.3 Å². The number of hydrogen-bond acceptors (Lipinski definition) is 3. The number of esters is 1. The second-order valence-electron chi connectivity index (χ2n) is 3.03. The molecule has 1 aromatic rings. The molecular weight excluding hydrogens is 192 g/mol. The van der Waals surface area contributed by atoms with Crippen molar-refractivity contribution in [1.82, 2.24) is 0 Å². The molecule has 0 amide bonds. The molecule has 15 heavy (non-hydrogen) atoms. The number of carbonyl (C=O) groups excluding carboxylic acids is 1. The molecule has 1 unspecified atom stereocenters. The minimum absolute atomic E-state index is 0.389. The highest BCUT2D eigenvalue weighted by molar-refractivity contribution is 5.89. The predicted molar refractivity (Wildman–Crippen MR) is 58.4 cm³/mol. The Balaban J connectivity index is 2.70. The van der Waals surface area contributed by atoms with Gasteiger partial charge in [0.1, 0.15) is 0 Å². The second-order valence-corrected chi connectivity index (χ2v) is 3.03.